The molecule has 0 fully saturated rings. The molecule has 15 heavy (non-hydrogen) atoms. The molecule has 0 radical (unpaired) electrons. The van der Waals surface area contributed by atoms with Gasteiger partial charge in [0.25, 0.3) is 0 Å². The van der Waals surface area contributed by atoms with Gasteiger partial charge in [-0.1, -0.05) is 54.1 Å². The van der Waals surface area contributed by atoms with Gasteiger partial charge in [-0.05, 0) is 16.8 Å². The first-order valence-corrected chi connectivity index (χ1v) is 5.05. The van der Waals surface area contributed by atoms with Crippen LogP contribution in [0.3, 0.4) is 0 Å². The largest absolute Gasteiger partial charge is 0.289 e. The number of rotatable bonds is 2. The molecule has 0 spiro atoms. The third-order valence-electron chi connectivity index (χ3n) is 2.27. The van der Waals surface area contributed by atoms with Crippen molar-refractivity contribution in [3.8, 4) is 0 Å². The Morgan fingerprint density at radius 1 is 1.07 bits per heavy atom. The number of hydrogen-bond acceptors (Lipinski definition) is 1. The molecule has 1 nitrogen and oxygen atoms in total. The lowest BCUT2D eigenvalue weighted by Crippen LogP contribution is -1.94. The molecule has 0 heterocycles. The van der Waals surface area contributed by atoms with E-state index >= 15 is 0 Å². The van der Waals surface area contributed by atoms with E-state index in [9.17, 15) is 4.79 Å². The summed E-state index contributed by atoms with van der Waals surface area (Å²) in [6.45, 7) is 0. The summed E-state index contributed by atoms with van der Waals surface area (Å²) in [5, 5.41) is 2.02. The first kappa shape index (κ1) is 9.94. The number of hydrogen-bond donors (Lipinski definition) is 0. The highest BCUT2D eigenvalue weighted by molar-refractivity contribution is 6.28. The number of halogens is 1. The Balaban J connectivity index is 2.65. The van der Waals surface area contributed by atoms with Gasteiger partial charge in [-0.15, -0.1) is 0 Å². The van der Waals surface area contributed by atoms with Crippen molar-refractivity contribution in [2.75, 3.05) is 0 Å². The molecule has 0 N–H and O–H groups in total. The summed E-state index contributed by atoms with van der Waals surface area (Å²) in [5.41, 5.74) is 1.93. The molecule has 0 atom stereocenters. The summed E-state index contributed by atoms with van der Waals surface area (Å²) in [5.74, 6) is -0.0678. The van der Waals surface area contributed by atoms with Crippen molar-refractivity contribution in [3.05, 3.63) is 59.6 Å². The Morgan fingerprint density at radius 3 is 2.60 bits per heavy atom. The predicted molar refractivity (Wildman–Crippen MR) is 63.3 cm³/mol. The van der Waals surface area contributed by atoms with Gasteiger partial charge in [-0.25, -0.2) is 0 Å². The number of fused-ring (bicyclic) bond motifs is 1. The maximum Gasteiger partial charge on any atom is 0.187 e. The van der Waals surface area contributed by atoms with E-state index in [0.717, 1.165) is 10.8 Å². The second kappa shape index (κ2) is 4.28. The molecule has 0 saturated carbocycles. The van der Waals surface area contributed by atoms with Gasteiger partial charge < -0.3 is 0 Å². The topological polar surface area (TPSA) is 17.1 Å². The van der Waals surface area contributed by atoms with E-state index in [4.69, 9.17) is 11.6 Å². The third kappa shape index (κ3) is 1.92. The van der Waals surface area contributed by atoms with Crippen molar-refractivity contribution in [1.29, 1.82) is 0 Å². The fraction of sp³-hybridized carbons (Fsp3) is 0. The van der Waals surface area contributed by atoms with Crippen LogP contribution < -0.4 is 0 Å². The molecule has 0 amide bonds. The maximum absolute atomic E-state index is 11.7. The van der Waals surface area contributed by atoms with Crippen LogP contribution in [-0.4, -0.2) is 5.78 Å². The SMILES string of the molecule is O=C(/C=C\Cl)c1cccc2ccccc12. The molecule has 0 aliphatic carbocycles. The average molecular weight is 217 g/mol. The minimum atomic E-state index is -0.0678. The van der Waals surface area contributed by atoms with Gasteiger partial charge in [0.2, 0.25) is 0 Å². The van der Waals surface area contributed by atoms with Crippen molar-refractivity contribution < 1.29 is 4.79 Å². The van der Waals surface area contributed by atoms with Gasteiger partial charge in [0.1, 0.15) is 0 Å². The van der Waals surface area contributed by atoms with E-state index < -0.39 is 0 Å². The van der Waals surface area contributed by atoms with Crippen LogP contribution in [-0.2, 0) is 0 Å². The molecule has 2 rings (SSSR count). The van der Waals surface area contributed by atoms with Crippen LogP contribution in [0.25, 0.3) is 10.8 Å². The van der Waals surface area contributed by atoms with Gasteiger partial charge >= 0.3 is 0 Å². The summed E-state index contributed by atoms with van der Waals surface area (Å²) >= 11 is 5.40. The first-order valence-electron chi connectivity index (χ1n) is 4.62. The van der Waals surface area contributed by atoms with Gasteiger partial charge in [-0.3, -0.25) is 4.79 Å². The van der Waals surface area contributed by atoms with Gasteiger partial charge in [0.15, 0.2) is 5.78 Å². The fourth-order valence-electron chi connectivity index (χ4n) is 1.59. The Kier molecular flexibility index (Phi) is 2.84. The number of ketones is 1. The molecule has 0 aliphatic heterocycles. The summed E-state index contributed by atoms with van der Waals surface area (Å²) < 4.78 is 0. The Labute approximate surface area is 93.0 Å². The van der Waals surface area contributed by atoms with E-state index in [-0.39, 0.29) is 5.78 Å². The molecule has 0 unspecified atom stereocenters. The van der Waals surface area contributed by atoms with Crippen LogP contribution in [0.4, 0.5) is 0 Å². The zero-order valence-electron chi connectivity index (χ0n) is 7.98. The van der Waals surface area contributed by atoms with Crippen LogP contribution in [0, 0.1) is 0 Å². The lowest BCUT2D eigenvalue weighted by atomic mass is 10.0. The second-order valence-electron chi connectivity index (χ2n) is 3.18. The Hall–Kier alpha value is -1.60. The Morgan fingerprint density at radius 2 is 1.80 bits per heavy atom. The van der Waals surface area contributed by atoms with E-state index in [1.807, 2.05) is 42.5 Å². The molecule has 0 bridgehead atoms. The smallest absolute Gasteiger partial charge is 0.187 e. The average Bonchev–Trinajstić information content (AvgIpc) is 2.28. The normalized spacial score (nSPS) is 11.0. The number of benzene rings is 2. The highest BCUT2D eigenvalue weighted by Crippen LogP contribution is 2.19. The summed E-state index contributed by atoms with van der Waals surface area (Å²) in [7, 11) is 0. The van der Waals surface area contributed by atoms with Gasteiger partial charge in [0, 0.05) is 11.1 Å². The standard InChI is InChI=1S/C13H9ClO/c14-9-8-13(15)12-7-3-5-10-4-1-2-6-11(10)12/h1-9H/b9-8-. The Bertz CT molecular complexity index is 524. The molecule has 74 valence electrons. The molecule has 0 aliphatic rings. The lowest BCUT2D eigenvalue weighted by Gasteiger charge is -2.02. The highest BCUT2D eigenvalue weighted by Gasteiger charge is 2.05. The second-order valence-corrected chi connectivity index (χ2v) is 3.44. The fourth-order valence-corrected chi connectivity index (χ4v) is 1.70. The maximum atomic E-state index is 11.7. The molecular formula is C13H9ClO. The predicted octanol–water partition coefficient (Wildman–Crippen LogP) is 3.78. The van der Waals surface area contributed by atoms with E-state index in [0.29, 0.717) is 5.56 Å². The summed E-state index contributed by atoms with van der Waals surface area (Å²) in [6, 6.07) is 13.5. The van der Waals surface area contributed by atoms with Crippen LogP contribution in [0.5, 0.6) is 0 Å². The molecular weight excluding hydrogens is 208 g/mol. The third-order valence-corrected chi connectivity index (χ3v) is 2.40. The van der Waals surface area contributed by atoms with Crippen LogP contribution >= 0.6 is 11.6 Å². The highest BCUT2D eigenvalue weighted by atomic mass is 35.5. The van der Waals surface area contributed by atoms with Crippen LogP contribution in [0.2, 0.25) is 0 Å². The molecule has 2 aromatic carbocycles. The first-order chi connectivity index (χ1) is 7.33. The number of carbonyl (C=O) groups excluding carboxylic acids is 1. The lowest BCUT2D eigenvalue weighted by molar-refractivity contribution is 0.104. The van der Waals surface area contributed by atoms with Crippen molar-refractivity contribution in [1.82, 2.24) is 0 Å². The van der Waals surface area contributed by atoms with Crippen molar-refractivity contribution in [2.45, 2.75) is 0 Å². The summed E-state index contributed by atoms with van der Waals surface area (Å²) in [6.07, 6.45) is 1.36. The van der Waals surface area contributed by atoms with Crippen LogP contribution in [0.15, 0.2) is 54.1 Å². The van der Waals surface area contributed by atoms with Crippen molar-refractivity contribution in [2.24, 2.45) is 0 Å². The van der Waals surface area contributed by atoms with Gasteiger partial charge in [-0.2, -0.15) is 0 Å². The molecule has 0 aromatic heterocycles. The monoisotopic (exact) mass is 216 g/mol. The zero-order chi connectivity index (χ0) is 10.7. The summed E-state index contributed by atoms with van der Waals surface area (Å²) in [4.78, 5) is 11.7. The number of carbonyl (C=O) groups is 1. The number of allylic oxidation sites excluding steroid dienone is 1. The molecule has 2 heteroatoms. The molecule has 2 aromatic rings. The van der Waals surface area contributed by atoms with Crippen molar-refractivity contribution >= 4 is 28.2 Å². The van der Waals surface area contributed by atoms with E-state index in [2.05, 4.69) is 0 Å². The minimum Gasteiger partial charge on any atom is -0.289 e. The molecule has 0 saturated heterocycles. The minimum absolute atomic E-state index is 0.0678. The van der Waals surface area contributed by atoms with E-state index in [1.54, 1.807) is 0 Å². The van der Waals surface area contributed by atoms with E-state index in [1.165, 1.54) is 11.6 Å². The zero-order valence-corrected chi connectivity index (χ0v) is 8.74. The van der Waals surface area contributed by atoms with Crippen LogP contribution in [0.1, 0.15) is 10.4 Å². The van der Waals surface area contributed by atoms with Gasteiger partial charge in [0.05, 0.1) is 0 Å². The quantitative estimate of drug-likeness (QED) is 0.552. The van der Waals surface area contributed by atoms with Crippen molar-refractivity contribution in [3.63, 3.8) is 0 Å².